The molecule has 2 rings (SSSR count). The normalized spacial score (nSPS) is 10.9. The van der Waals surface area contributed by atoms with Crippen molar-refractivity contribution in [1.82, 2.24) is 20.2 Å². The molecule has 0 bridgehead atoms. The molecule has 1 aromatic carbocycles. The van der Waals surface area contributed by atoms with Gasteiger partial charge in [0.2, 0.25) is 5.91 Å². The number of amides is 1. The Morgan fingerprint density at radius 1 is 1.08 bits per heavy atom. The summed E-state index contributed by atoms with van der Waals surface area (Å²) in [6.45, 7) is 7.67. The van der Waals surface area contributed by atoms with Crippen molar-refractivity contribution in [2.24, 2.45) is 0 Å². The number of aryl methyl sites for hydroxylation is 3. The summed E-state index contributed by atoms with van der Waals surface area (Å²) < 4.78 is 0. The lowest BCUT2D eigenvalue weighted by Crippen LogP contribution is -2.36. The van der Waals surface area contributed by atoms with Crippen molar-refractivity contribution in [2.45, 2.75) is 33.7 Å². The standard InChI is InChI=1S/C19H26N4O/c1-14-5-7-17(8-6-14)12-23(4)13-19(24)20-10-9-18-21-15(2)11-16(3)22-18/h5-8,11H,9-10,12-13H2,1-4H3,(H,20,24). The highest BCUT2D eigenvalue weighted by Crippen LogP contribution is 2.05. The molecule has 0 aliphatic heterocycles. The first kappa shape index (κ1) is 18.1. The van der Waals surface area contributed by atoms with Crippen LogP contribution < -0.4 is 5.32 Å². The van der Waals surface area contributed by atoms with Crippen LogP contribution in [0.5, 0.6) is 0 Å². The van der Waals surface area contributed by atoms with Crippen LogP contribution >= 0.6 is 0 Å². The van der Waals surface area contributed by atoms with Crippen molar-refractivity contribution in [1.29, 1.82) is 0 Å². The Balaban J connectivity index is 1.73. The predicted molar refractivity (Wildman–Crippen MR) is 95.7 cm³/mol. The fourth-order valence-corrected chi connectivity index (χ4v) is 2.59. The van der Waals surface area contributed by atoms with Gasteiger partial charge in [-0.25, -0.2) is 9.97 Å². The molecule has 1 heterocycles. The number of carbonyl (C=O) groups is 1. The minimum Gasteiger partial charge on any atom is -0.355 e. The van der Waals surface area contributed by atoms with Gasteiger partial charge in [-0.15, -0.1) is 0 Å². The molecule has 128 valence electrons. The number of rotatable bonds is 7. The van der Waals surface area contributed by atoms with Crippen LogP contribution in [0, 0.1) is 20.8 Å². The molecule has 0 atom stereocenters. The molecule has 0 spiro atoms. The molecule has 0 saturated heterocycles. The Hall–Kier alpha value is -2.27. The van der Waals surface area contributed by atoms with Crippen LogP contribution in [0.15, 0.2) is 30.3 Å². The maximum Gasteiger partial charge on any atom is 0.234 e. The zero-order chi connectivity index (χ0) is 17.5. The predicted octanol–water partition coefficient (Wildman–Crippen LogP) is 2.19. The summed E-state index contributed by atoms with van der Waals surface area (Å²) in [6, 6.07) is 10.3. The number of nitrogens with one attached hydrogen (secondary N) is 1. The number of nitrogens with zero attached hydrogens (tertiary/aromatic N) is 3. The van der Waals surface area contributed by atoms with E-state index in [9.17, 15) is 4.79 Å². The molecular weight excluding hydrogens is 300 g/mol. The minimum absolute atomic E-state index is 0.0222. The van der Waals surface area contributed by atoms with Crippen LogP contribution in [0.1, 0.15) is 28.3 Å². The van der Waals surface area contributed by atoms with E-state index in [1.165, 1.54) is 11.1 Å². The van der Waals surface area contributed by atoms with E-state index >= 15 is 0 Å². The van der Waals surface area contributed by atoms with Gasteiger partial charge in [0.1, 0.15) is 5.82 Å². The lowest BCUT2D eigenvalue weighted by atomic mass is 10.1. The third kappa shape index (κ3) is 6.08. The fourth-order valence-electron chi connectivity index (χ4n) is 2.59. The van der Waals surface area contributed by atoms with Crippen LogP contribution in [0.4, 0.5) is 0 Å². The van der Waals surface area contributed by atoms with E-state index in [1.807, 2.05) is 31.9 Å². The van der Waals surface area contributed by atoms with Crippen LogP contribution in [0.2, 0.25) is 0 Å². The molecule has 1 aromatic heterocycles. The molecule has 0 aliphatic carbocycles. The van der Waals surface area contributed by atoms with Gasteiger partial charge in [-0.2, -0.15) is 0 Å². The molecule has 5 nitrogen and oxygen atoms in total. The zero-order valence-corrected chi connectivity index (χ0v) is 15.0. The highest BCUT2D eigenvalue weighted by atomic mass is 16.2. The van der Waals surface area contributed by atoms with Gasteiger partial charge in [0.05, 0.1) is 6.54 Å². The molecule has 0 aliphatic rings. The number of benzene rings is 1. The molecule has 1 N–H and O–H groups in total. The molecule has 1 amide bonds. The number of likely N-dealkylation sites (N-methyl/N-ethyl adjacent to an activating group) is 1. The molecular formula is C19H26N4O. The number of hydrogen-bond acceptors (Lipinski definition) is 4. The lowest BCUT2D eigenvalue weighted by molar-refractivity contribution is -0.122. The van der Waals surface area contributed by atoms with Crippen molar-refractivity contribution < 1.29 is 4.79 Å². The smallest absolute Gasteiger partial charge is 0.234 e. The molecule has 0 saturated carbocycles. The van der Waals surface area contributed by atoms with Gasteiger partial charge >= 0.3 is 0 Å². The van der Waals surface area contributed by atoms with E-state index in [2.05, 4.69) is 46.5 Å². The van der Waals surface area contributed by atoms with Crippen molar-refractivity contribution in [3.8, 4) is 0 Å². The molecule has 0 unspecified atom stereocenters. The van der Waals surface area contributed by atoms with E-state index in [4.69, 9.17) is 0 Å². The van der Waals surface area contributed by atoms with Crippen LogP contribution in [-0.2, 0) is 17.8 Å². The molecule has 2 aromatic rings. The second kappa shape index (κ2) is 8.55. The summed E-state index contributed by atoms with van der Waals surface area (Å²) in [5.41, 5.74) is 4.37. The van der Waals surface area contributed by atoms with Crippen molar-refractivity contribution in [3.63, 3.8) is 0 Å². The van der Waals surface area contributed by atoms with Crippen molar-refractivity contribution in [3.05, 3.63) is 58.7 Å². The minimum atomic E-state index is 0.0222. The Morgan fingerprint density at radius 2 is 1.71 bits per heavy atom. The van der Waals surface area contributed by atoms with Gasteiger partial charge in [0.15, 0.2) is 0 Å². The van der Waals surface area contributed by atoms with Crippen molar-refractivity contribution in [2.75, 3.05) is 20.1 Å². The van der Waals surface area contributed by atoms with Crippen LogP contribution in [0.25, 0.3) is 0 Å². The topological polar surface area (TPSA) is 58.1 Å². The number of aromatic nitrogens is 2. The first-order chi connectivity index (χ1) is 11.4. The van der Waals surface area contributed by atoms with Crippen molar-refractivity contribution >= 4 is 5.91 Å². The highest BCUT2D eigenvalue weighted by molar-refractivity contribution is 5.77. The Bertz CT molecular complexity index is 662. The van der Waals surface area contributed by atoms with Gasteiger partial charge in [0.25, 0.3) is 0 Å². The van der Waals surface area contributed by atoms with Gasteiger partial charge in [-0.1, -0.05) is 29.8 Å². The molecule has 0 fully saturated rings. The first-order valence-corrected chi connectivity index (χ1v) is 8.24. The summed E-state index contributed by atoms with van der Waals surface area (Å²) in [5.74, 6) is 0.801. The monoisotopic (exact) mass is 326 g/mol. The van der Waals surface area contributed by atoms with Crippen LogP contribution in [0.3, 0.4) is 0 Å². The molecule has 5 heteroatoms. The van der Waals surface area contributed by atoms with Gasteiger partial charge in [-0.3, -0.25) is 9.69 Å². The van der Waals surface area contributed by atoms with E-state index < -0.39 is 0 Å². The van der Waals surface area contributed by atoms with Crippen LogP contribution in [-0.4, -0.2) is 40.9 Å². The summed E-state index contributed by atoms with van der Waals surface area (Å²) in [6.07, 6.45) is 0.649. The van der Waals surface area contributed by atoms with E-state index in [0.717, 1.165) is 23.8 Å². The van der Waals surface area contributed by atoms with Gasteiger partial charge in [-0.05, 0) is 39.4 Å². The average molecular weight is 326 g/mol. The third-order valence-electron chi connectivity index (χ3n) is 3.69. The second-order valence-corrected chi connectivity index (χ2v) is 6.32. The Kier molecular flexibility index (Phi) is 6.44. The summed E-state index contributed by atoms with van der Waals surface area (Å²) >= 11 is 0. The third-order valence-corrected chi connectivity index (χ3v) is 3.69. The SMILES string of the molecule is Cc1ccc(CN(C)CC(=O)NCCc2nc(C)cc(C)n2)cc1. The average Bonchev–Trinajstić information content (AvgIpc) is 2.48. The Labute approximate surface area is 144 Å². The molecule has 0 radical (unpaired) electrons. The van der Waals surface area contributed by atoms with E-state index in [0.29, 0.717) is 19.5 Å². The Morgan fingerprint density at radius 3 is 2.33 bits per heavy atom. The maximum absolute atomic E-state index is 12.0. The zero-order valence-electron chi connectivity index (χ0n) is 15.0. The van der Waals surface area contributed by atoms with E-state index in [1.54, 1.807) is 0 Å². The van der Waals surface area contributed by atoms with E-state index in [-0.39, 0.29) is 5.91 Å². The first-order valence-electron chi connectivity index (χ1n) is 8.24. The quantitative estimate of drug-likeness (QED) is 0.847. The number of carbonyl (C=O) groups excluding carboxylic acids is 1. The fraction of sp³-hybridized carbons (Fsp3) is 0.421. The highest BCUT2D eigenvalue weighted by Gasteiger charge is 2.07. The summed E-state index contributed by atoms with van der Waals surface area (Å²) in [5, 5.41) is 2.94. The largest absolute Gasteiger partial charge is 0.355 e. The summed E-state index contributed by atoms with van der Waals surface area (Å²) in [7, 11) is 1.95. The van der Waals surface area contributed by atoms with Gasteiger partial charge in [0, 0.05) is 30.9 Å². The second-order valence-electron chi connectivity index (χ2n) is 6.32. The van der Waals surface area contributed by atoms with Gasteiger partial charge < -0.3 is 5.32 Å². The lowest BCUT2D eigenvalue weighted by Gasteiger charge is -2.16. The molecule has 24 heavy (non-hydrogen) atoms. The maximum atomic E-state index is 12.0. The number of hydrogen-bond donors (Lipinski definition) is 1. The summed E-state index contributed by atoms with van der Waals surface area (Å²) in [4.78, 5) is 22.8.